The van der Waals surface area contributed by atoms with Gasteiger partial charge in [0, 0.05) is 24.7 Å². The first-order valence-corrected chi connectivity index (χ1v) is 13.5. The molecule has 4 aromatic rings. The number of nitrogens with zero attached hydrogens (tertiary/aromatic N) is 2. The van der Waals surface area contributed by atoms with Gasteiger partial charge < -0.3 is 4.90 Å². The maximum atomic E-state index is 14.8. The Labute approximate surface area is 224 Å². The van der Waals surface area contributed by atoms with Crippen LogP contribution in [-0.2, 0) is 30.6 Å². The van der Waals surface area contributed by atoms with Crippen molar-refractivity contribution in [2.45, 2.75) is 44.8 Å². The predicted molar refractivity (Wildman–Crippen MR) is 149 cm³/mol. The van der Waals surface area contributed by atoms with E-state index >= 15 is 0 Å². The first kappa shape index (κ1) is 24.6. The van der Waals surface area contributed by atoms with Gasteiger partial charge in [-0.3, -0.25) is 9.69 Å². The van der Waals surface area contributed by atoms with E-state index in [-0.39, 0.29) is 30.4 Å². The molecule has 192 valence electrons. The molecule has 0 aromatic heterocycles. The Balaban J connectivity index is 1.32. The third-order valence-corrected chi connectivity index (χ3v) is 8.17. The second-order valence-electron chi connectivity index (χ2n) is 10.7. The molecule has 2 aliphatic rings. The van der Waals surface area contributed by atoms with Crippen LogP contribution >= 0.6 is 0 Å². The Bertz CT molecular complexity index is 1440. The Hall–Kier alpha value is -3.76. The summed E-state index contributed by atoms with van der Waals surface area (Å²) in [6.45, 7) is 3.50. The Morgan fingerprint density at radius 1 is 0.868 bits per heavy atom. The fraction of sp³-hybridized carbons (Fsp3) is 0.265. The lowest BCUT2D eigenvalue weighted by Gasteiger charge is -2.39. The van der Waals surface area contributed by atoms with Gasteiger partial charge in [0.2, 0.25) is 5.91 Å². The highest BCUT2D eigenvalue weighted by Gasteiger charge is 2.34. The molecule has 1 aliphatic heterocycles. The summed E-state index contributed by atoms with van der Waals surface area (Å²) in [7, 11) is 0. The van der Waals surface area contributed by atoms with Crippen molar-refractivity contribution in [1.29, 1.82) is 0 Å². The molecule has 1 heterocycles. The van der Waals surface area contributed by atoms with E-state index < -0.39 is 0 Å². The molecule has 6 rings (SSSR count). The summed E-state index contributed by atoms with van der Waals surface area (Å²) >= 11 is 0. The summed E-state index contributed by atoms with van der Waals surface area (Å²) in [5.41, 5.74) is 8.17. The molecular formula is C34H33FN2O. The van der Waals surface area contributed by atoms with Crippen LogP contribution in [0.5, 0.6) is 0 Å². The molecule has 0 spiro atoms. The molecule has 1 aliphatic carbocycles. The third-order valence-electron chi connectivity index (χ3n) is 8.17. The van der Waals surface area contributed by atoms with E-state index in [1.807, 2.05) is 11.0 Å². The van der Waals surface area contributed by atoms with Crippen LogP contribution in [0.25, 0.3) is 0 Å². The normalized spacial score (nSPS) is 17.2. The van der Waals surface area contributed by atoms with Crippen LogP contribution in [0, 0.1) is 12.7 Å². The van der Waals surface area contributed by atoms with Crippen LogP contribution in [-0.4, -0.2) is 34.8 Å². The van der Waals surface area contributed by atoms with E-state index in [2.05, 4.69) is 84.6 Å². The van der Waals surface area contributed by atoms with Crippen molar-refractivity contribution in [3.63, 3.8) is 0 Å². The van der Waals surface area contributed by atoms with Gasteiger partial charge in [0.1, 0.15) is 5.82 Å². The Morgan fingerprint density at radius 2 is 1.55 bits per heavy atom. The lowest BCUT2D eigenvalue weighted by molar-refractivity contribution is -0.136. The molecule has 0 radical (unpaired) electrons. The first-order chi connectivity index (χ1) is 18.6. The van der Waals surface area contributed by atoms with Crippen LogP contribution in [0.4, 0.5) is 4.39 Å². The Morgan fingerprint density at radius 3 is 2.29 bits per heavy atom. The van der Waals surface area contributed by atoms with E-state index in [9.17, 15) is 9.18 Å². The molecule has 0 saturated heterocycles. The maximum absolute atomic E-state index is 14.8. The zero-order chi connectivity index (χ0) is 26.1. The SMILES string of the molecule is Cc1cccc(C2c3ccccc3CCN2CC(=O)N(Cc2ccccc2F)C2Cc3ccccc3C2)c1. The minimum Gasteiger partial charge on any atom is -0.333 e. The van der Waals surface area contributed by atoms with Crippen LogP contribution in [0.1, 0.15) is 45.0 Å². The fourth-order valence-corrected chi connectivity index (χ4v) is 6.27. The number of hydrogen-bond acceptors (Lipinski definition) is 2. The molecular weight excluding hydrogens is 471 g/mol. The number of benzene rings is 4. The van der Waals surface area contributed by atoms with Gasteiger partial charge in [0.25, 0.3) is 0 Å². The van der Waals surface area contributed by atoms with Gasteiger partial charge in [0.15, 0.2) is 0 Å². The average molecular weight is 505 g/mol. The maximum Gasteiger partial charge on any atom is 0.237 e. The number of hydrogen-bond donors (Lipinski definition) is 0. The van der Waals surface area contributed by atoms with E-state index in [1.165, 1.54) is 39.4 Å². The summed E-state index contributed by atoms with van der Waals surface area (Å²) in [5.74, 6) is -0.201. The van der Waals surface area contributed by atoms with Crippen molar-refractivity contribution < 1.29 is 9.18 Å². The number of aryl methyl sites for hydroxylation is 1. The molecule has 0 N–H and O–H groups in total. The summed E-state index contributed by atoms with van der Waals surface area (Å²) in [4.78, 5) is 18.4. The average Bonchev–Trinajstić information content (AvgIpc) is 3.36. The summed E-state index contributed by atoms with van der Waals surface area (Å²) < 4.78 is 14.8. The van der Waals surface area contributed by atoms with Crippen LogP contribution < -0.4 is 0 Å². The van der Waals surface area contributed by atoms with Crippen LogP contribution in [0.3, 0.4) is 0 Å². The highest BCUT2D eigenvalue weighted by atomic mass is 19.1. The molecule has 0 saturated carbocycles. The van der Waals surface area contributed by atoms with Crippen molar-refractivity contribution in [2.24, 2.45) is 0 Å². The van der Waals surface area contributed by atoms with Crippen molar-refractivity contribution in [2.75, 3.05) is 13.1 Å². The van der Waals surface area contributed by atoms with Crippen molar-refractivity contribution >= 4 is 5.91 Å². The van der Waals surface area contributed by atoms with Gasteiger partial charge in [-0.25, -0.2) is 4.39 Å². The topological polar surface area (TPSA) is 23.6 Å². The first-order valence-electron chi connectivity index (χ1n) is 13.5. The molecule has 1 amide bonds. The van der Waals surface area contributed by atoms with Gasteiger partial charge in [-0.1, -0.05) is 96.6 Å². The van der Waals surface area contributed by atoms with Gasteiger partial charge in [-0.05, 0) is 60.1 Å². The molecule has 0 bridgehead atoms. The number of rotatable bonds is 6. The summed E-state index contributed by atoms with van der Waals surface area (Å²) in [6, 6.07) is 32.5. The zero-order valence-electron chi connectivity index (χ0n) is 21.8. The van der Waals surface area contributed by atoms with Crippen molar-refractivity contribution in [3.8, 4) is 0 Å². The molecule has 3 nitrogen and oxygen atoms in total. The second kappa shape index (κ2) is 10.5. The Kier molecular flexibility index (Phi) is 6.82. The molecule has 38 heavy (non-hydrogen) atoms. The van der Waals surface area contributed by atoms with Gasteiger partial charge >= 0.3 is 0 Å². The lowest BCUT2D eigenvalue weighted by Crippen LogP contribution is -2.48. The van der Waals surface area contributed by atoms with Crippen molar-refractivity contribution in [1.82, 2.24) is 9.80 Å². The quantitative estimate of drug-likeness (QED) is 0.309. The smallest absolute Gasteiger partial charge is 0.237 e. The number of carbonyl (C=O) groups is 1. The van der Waals surface area contributed by atoms with E-state index in [0.29, 0.717) is 12.1 Å². The lowest BCUT2D eigenvalue weighted by atomic mass is 9.87. The van der Waals surface area contributed by atoms with Gasteiger partial charge in [0.05, 0.1) is 12.6 Å². The summed E-state index contributed by atoms with van der Waals surface area (Å²) in [6.07, 6.45) is 2.52. The van der Waals surface area contributed by atoms with Crippen LogP contribution in [0.15, 0.2) is 97.1 Å². The zero-order valence-corrected chi connectivity index (χ0v) is 21.8. The summed E-state index contributed by atoms with van der Waals surface area (Å²) in [5, 5.41) is 0. The highest BCUT2D eigenvalue weighted by Crippen LogP contribution is 2.36. The predicted octanol–water partition coefficient (Wildman–Crippen LogP) is 6.28. The van der Waals surface area contributed by atoms with Crippen LogP contribution in [0.2, 0.25) is 0 Å². The van der Waals surface area contributed by atoms with E-state index in [4.69, 9.17) is 0 Å². The minimum atomic E-state index is -0.259. The number of carbonyl (C=O) groups excluding carboxylic acids is 1. The standard InChI is InChI=1S/C34H33FN2O/c1-24-9-8-14-28(19-24)34-31-15-6-4-10-25(31)17-18-36(34)23-33(38)37(22-29-13-5-7-16-32(29)35)30-20-26-11-2-3-12-27(26)21-30/h2-16,19,30,34H,17-18,20-23H2,1H3. The monoisotopic (exact) mass is 504 g/mol. The molecule has 1 atom stereocenters. The second-order valence-corrected chi connectivity index (χ2v) is 10.7. The third kappa shape index (κ3) is 4.89. The molecule has 4 heteroatoms. The minimum absolute atomic E-state index is 0.0138. The van der Waals surface area contributed by atoms with Gasteiger partial charge in [-0.15, -0.1) is 0 Å². The largest absolute Gasteiger partial charge is 0.333 e. The fourth-order valence-electron chi connectivity index (χ4n) is 6.27. The molecule has 0 fully saturated rings. The molecule has 1 unspecified atom stereocenters. The van der Waals surface area contributed by atoms with Gasteiger partial charge in [-0.2, -0.15) is 0 Å². The highest BCUT2D eigenvalue weighted by molar-refractivity contribution is 5.79. The van der Waals surface area contributed by atoms with Crippen molar-refractivity contribution in [3.05, 3.63) is 142 Å². The van der Waals surface area contributed by atoms with E-state index in [1.54, 1.807) is 12.1 Å². The number of halogens is 1. The molecule has 4 aromatic carbocycles. The number of fused-ring (bicyclic) bond motifs is 2. The number of amides is 1. The van der Waals surface area contributed by atoms with E-state index in [0.717, 1.165) is 25.8 Å².